The van der Waals surface area contributed by atoms with Gasteiger partial charge in [-0.2, -0.15) is 0 Å². The molecule has 1 amide bonds. The molecule has 0 unspecified atom stereocenters. The van der Waals surface area contributed by atoms with Gasteiger partial charge in [0, 0.05) is 17.0 Å². The van der Waals surface area contributed by atoms with E-state index in [0.717, 1.165) is 22.7 Å². The van der Waals surface area contributed by atoms with Crippen LogP contribution in [0.3, 0.4) is 0 Å². The van der Waals surface area contributed by atoms with Crippen molar-refractivity contribution in [1.29, 1.82) is 0 Å². The highest BCUT2D eigenvalue weighted by atomic mass is 32.2. The topological polar surface area (TPSA) is 86.1 Å². The van der Waals surface area contributed by atoms with Gasteiger partial charge in [-0.25, -0.2) is 4.79 Å². The van der Waals surface area contributed by atoms with Crippen LogP contribution in [0.15, 0.2) is 35.5 Å². The molecule has 0 fully saturated rings. The lowest BCUT2D eigenvalue weighted by Gasteiger charge is -2.19. The van der Waals surface area contributed by atoms with Crippen LogP contribution in [0.2, 0.25) is 0 Å². The molecule has 1 N–H and O–H groups in total. The number of aryl methyl sites for hydroxylation is 1. The van der Waals surface area contributed by atoms with Crippen molar-refractivity contribution in [1.82, 2.24) is 14.8 Å². The number of aromatic nitrogens is 3. The van der Waals surface area contributed by atoms with Crippen molar-refractivity contribution in [2.45, 2.75) is 58.2 Å². The molecule has 9 heteroatoms. The predicted molar refractivity (Wildman–Crippen MR) is 134 cm³/mol. The van der Waals surface area contributed by atoms with E-state index < -0.39 is 5.97 Å². The van der Waals surface area contributed by atoms with E-state index in [1.165, 1.54) is 35.8 Å². The lowest BCUT2D eigenvalue weighted by molar-refractivity contribution is -0.113. The minimum Gasteiger partial charge on any atom is -0.465 e. The number of hydrogen-bond donors (Lipinski definition) is 1. The van der Waals surface area contributed by atoms with Crippen LogP contribution in [-0.4, -0.2) is 39.5 Å². The molecule has 0 saturated carbocycles. The summed E-state index contributed by atoms with van der Waals surface area (Å²) in [6, 6.07) is 10.1. The van der Waals surface area contributed by atoms with Gasteiger partial charge in [-0.3, -0.25) is 4.79 Å². The summed E-state index contributed by atoms with van der Waals surface area (Å²) in [5.41, 5.74) is 2.71. The smallest absolute Gasteiger partial charge is 0.340 e. The Labute approximate surface area is 203 Å². The molecule has 176 valence electrons. The van der Waals surface area contributed by atoms with Crippen LogP contribution < -0.4 is 5.32 Å². The number of ether oxygens (including phenoxy) is 1. The first kappa shape index (κ1) is 25.0. The van der Waals surface area contributed by atoms with E-state index in [2.05, 4.69) is 60.6 Å². The molecule has 33 heavy (non-hydrogen) atoms. The Kier molecular flexibility index (Phi) is 7.97. The Morgan fingerprint density at radius 2 is 1.85 bits per heavy atom. The molecule has 0 radical (unpaired) electrons. The Balaban J connectivity index is 1.71. The second-order valence-corrected chi connectivity index (χ2v) is 10.6. The zero-order valence-corrected chi connectivity index (χ0v) is 21.5. The second-order valence-electron chi connectivity index (χ2n) is 8.52. The minimum atomic E-state index is -0.457. The van der Waals surface area contributed by atoms with Crippen molar-refractivity contribution in [3.05, 3.63) is 46.3 Å². The average molecular weight is 487 g/mol. The summed E-state index contributed by atoms with van der Waals surface area (Å²) in [6.07, 6.45) is 0.776. The first-order chi connectivity index (χ1) is 15.7. The number of amides is 1. The third kappa shape index (κ3) is 5.83. The molecule has 7 nitrogen and oxygen atoms in total. The molecule has 0 aliphatic rings. The van der Waals surface area contributed by atoms with E-state index in [0.29, 0.717) is 22.3 Å². The molecule has 0 aliphatic carbocycles. The number of thioether (sulfide) groups is 1. The second kappa shape index (κ2) is 10.5. The number of rotatable bonds is 8. The molecule has 0 saturated heterocycles. The van der Waals surface area contributed by atoms with Crippen LogP contribution in [0.25, 0.3) is 11.4 Å². The van der Waals surface area contributed by atoms with E-state index in [1.807, 2.05) is 18.4 Å². The van der Waals surface area contributed by atoms with Gasteiger partial charge >= 0.3 is 5.97 Å². The molecular weight excluding hydrogens is 456 g/mol. The van der Waals surface area contributed by atoms with Crippen LogP contribution in [0.4, 0.5) is 5.00 Å². The van der Waals surface area contributed by atoms with Gasteiger partial charge in [-0.1, -0.05) is 63.7 Å². The predicted octanol–water partition coefficient (Wildman–Crippen LogP) is 5.40. The molecule has 0 bridgehead atoms. The quantitative estimate of drug-likeness (QED) is 0.339. The van der Waals surface area contributed by atoms with Gasteiger partial charge in [0.25, 0.3) is 0 Å². The summed E-state index contributed by atoms with van der Waals surface area (Å²) in [6.45, 7) is 11.3. The fourth-order valence-electron chi connectivity index (χ4n) is 3.28. The van der Waals surface area contributed by atoms with Crippen molar-refractivity contribution in [2.24, 2.45) is 0 Å². The normalized spacial score (nSPS) is 11.5. The van der Waals surface area contributed by atoms with Crippen LogP contribution >= 0.6 is 23.1 Å². The van der Waals surface area contributed by atoms with Crippen LogP contribution in [0.5, 0.6) is 0 Å². The van der Waals surface area contributed by atoms with Gasteiger partial charge in [0.05, 0.1) is 18.4 Å². The monoisotopic (exact) mass is 486 g/mol. The summed E-state index contributed by atoms with van der Waals surface area (Å²) in [5.74, 6) is 0.263. The Morgan fingerprint density at radius 1 is 1.15 bits per heavy atom. The number of carbonyl (C=O) groups is 2. The number of nitrogens with zero attached hydrogens (tertiary/aromatic N) is 3. The van der Waals surface area contributed by atoms with Gasteiger partial charge < -0.3 is 14.6 Å². The summed E-state index contributed by atoms with van der Waals surface area (Å²) < 4.78 is 6.84. The van der Waals surface area contributed by atoms with Gasteiger partial charge in [0.15, 0.2) is 11.0 Å². The van der Waals surface area contributed by atoms with Crippen molar-refractivity contribution in [3.8, 4) is 11.4 Å². The van der Waals surface area contributed by atoms with E-state index in [-0.39, 0.29) is 17.1 Å². The maximum absolute atomic E-state index is 12.6. The summed E-state index contributed by atoms with van der Waals surface area (Å²) in [7, 11) is 1.33. The first-order valence-corrected chi connectivity index (χ1v) is 12.7. The maximum atomic E-state index is 12.6. The third-order valence-electron chi connectivity index (χ3n) is 5.16. The first-order valence-electron chi connectivity index (χ1n) is 10.9. The fraction of sp³-hybridized carbons (Fsp3) is 0.417. The summed E-state index contributed by atoms with van der Waals surface area (Å²) >= 11 is 2.71. The Morgan fingerprint density at radius 3 is 2.42 bits per heavy atom. The maximum Gasteiger partial charge on any atom is 0.340 e. The van der Waals surface area contributed by atoms with Crippen molar-refractivity contribution >= 4 is 40.0 Å². The number of hydrogen-bond acceptors (Lipinski definition) is 7. The number of thiophene rings is 1. The van der Waals surface area contributed by atoms with Gasteiger partial charge in [0.1, 0.15) is 5.00 Å². The highest BCUT2D eigenvalue weighted by Crippen LogP contribution is 2.30. The lowest BCUT2D eigenvalue weighted by Crippen LogP contribution is -2.16. The number of nitrogens with one attached hydrogen (secondary N) is 1. The lowest BCUT2D eigenvalue weighted by atomic mass is 9.87. The summed E-state index contributed by atoms with van der Waals surface area (Å²) in [4.78, 5) is 25.7. The molecule has 3 aromatic rings. The largest absolute Gasteiger partial charge is 0.465 e. The van der Waals surface area contributed by atoms with Crippen LogP contribution in [-0.2, 0) is 27.9 Å². The Hall–Kier alpha value is -2.65. The molecule has 0 spiro atoms. The molecular formula is C24H30N4O3S2. The summed E-state index contributed by atoms with van der Waals surface area (Å²) in [5, 5.41) is 12.7. The molecule has 2 heterocycles. The molecule has 1 aromatic carbocycles. The molecule has 0 atom stereocenters. The molecule has 0 aliphatic heterocycles. The highest BCUT2D eigenvalue weighted by Gasteiger charge is 2.20. The van der Waals surface area contributed by atoms with E-state index >= 15 is 0 Å². The SMILES string of the molecule is CCc1cc(C(=O)OC)c(NC(=O)CSc2nnc(-c3ccc(C(C)(C)C)cc3)n2CC)s1. The number of benzene rings is 1. The van der Waals surface area contributed by atoms with E-state index in [4.69, 9.17) is 4.74 Å². The van der Waals surface area contributed by atoms with Crippen molar-refractivity contribution in [2.75, 3.05) is 18.2 Å². The van der Waals surface area contributed by atoms with Gasteiger partial charge in [-0.15, -0.1) is 21.5 Å². The van der Waals surface area contributed by atoms with Crippen LogP contribution in [0, 0.1) is 0 Å². The molecule has 3 rings (SSSR count). The van der Waals surface area contributed by atoms with Crippen LogP contribution in [0.1, 0.15) is 55.4 Å². The fourth-order valence-corrected chi connectivity index (χ4v) is 5.08. The molecule has 2 aromatic heterocycles. The van der Waals surface area contributed by atoms with Gasteiger partial charge in [-0.05, 0) is 30.4 Å². The number of anilines is 1. The Bertz CT molecular complexity index is 1130. The average Bonchev–Trinajstić information content (AvgIpc) is 3.40. The standard InChI is InChI=1S/C24H30N4O3S2/c1-7-17-13-18(22(30)31-6)21(33-17)25-19(29)14-32-23-27-26-20(28(23)8-2)15-9-11-16(12-10-15)24(3,4)5/h9-13H,7-8,14H2,1-6H3,(H,25,29). The van der Waals surface area contributed by atoms with Crippen molar-refractivity contribution in [3.63, 3.8) is 0 Å². The number of methoxy groups -OCH3 is 1. The van der Waals surface area contributed by atoms with Gasteiger partial charge in [0.2, 0.25) is 5.91 Å². The van der Waals surface area contributed by atoms with E-state index in [9.17, 15) is 9.59 Å². The van der Waals surface area contributed by atoms with E-state index in [1.54, 1.807) is 6.07 Å². The van der Waals surface area contributed by atoms with Crippen molar-refractivity contribution < 1.29 is 14.3 Å². The zero-order chi connectivity index (χ0) is 24.2. The number of esters is 1. The minimum absolute atomic E-state index is 0.0829. The third-order valence-corrected chi connectivity index (χ3v) is 7.33. The highest BCUT2D eigenvalue weighted by molar-refractivity contribution is 7.99. The zero-order valence-electron chi connectivity index (χ0n) is 19.9. The number of carbonyl (C=O) groups excluding carboxylic acids is 2.